The summed E-state index contributed by atoms with van der Waals surface area (Å²) in [5.41, 5.74) is 2.40. The van der Waals surface area contributed by atoms with E-state index < -0.39 is 20.0 Å². The highest BCUT2D eigenvalue weighted by atomic mass is 32.2. The summed E-state index contributed by atoms with van der Waals surface area (Å²) in [5.74, 6) is 0.602. The lowest BCUT2D eigenvalue weighted by atomic mass is 10.1. The van der Waals surface area contributed by atoms with Crippen LogP contribution in [0.2, 0.25) is 0 Å². The Balaban J connectivity index is 1.93. The maximum Gasteiger partial charge on any atom is 0.261 e. The van der Waals surface area contributed by atoms with Crippen LogP contribution in [0.3, 0.4) is 0 Å². The van der Waals surface area contributed by atoms with Gasteiger partial charge in [-0.2, -0.15) is 0 Å². The molecule has 0 saturated heterocycles. The molecule has 0 spiro atoms. The van der Waals surface area contributed by atoms with E-state index in [0.29, 0.717) is 35.7 Å². The molecule has 1 aliphatic rings. The first kappa shape index (κ1) is 18.5. The van der Waals surface area contributed by atoms with Crippen LogP contribution in [0, 0.1) is 6.92 Å². The van der Waals surface area contributed by atoms with Crippen molar-refractivity contribution in [1.82, 2.24) is 0 Å². The predicted octanol–water partition coefficient (Wildman–Crippen LogP) is 2.13. The number of anilines is 2. The second-order valence-electron chi connectivity index (χ2n) is 6.17. The SMILES string of the molecule is COc1ccc(S(=O)(=O)Nc2ccc3c(c2)N(S(C)(=O)=O)CC3)cc1C. The fraction of sp³-hybridized carbons (Fsp3) is 0.294. The minimum Gasteiger partial charge on any atom is -0.496 e. The van der Waals surface area contributed by atoms with E-state index in [4.69, 9.17) is 4.74 Å². The average Bonchev–Trinajstić information content (AvgIpc) is 2.97. The molecule has 0 aliphatic carbocycles. The molecule has 0 atom stereocenters. The zero-order valence-electron chi connectivity index (χ0n) is 14.7. The van der Waals surface area contributed by atoms with Gasteiger partial charge in [-0.25, -0.2) is 16.8 Å². The van der Waals surface area contributed by atoms with Crippen molar-refractivity contribution >= 4 is 31.4 Å². The maximum absolute atomic E-state index is 12.6. The Morgan fingerprint density at radius 3 is 2.42 bits per heavy atom. The molecule has 0 unspecified atom stereocenters. The van der Waals surface area contributed by atoms with E-state index in [1.807, 2.05) is 0 Å². The van der Waals surface area contributed by atoms with Crippen molar-refractivity contribution in [3.05, 3.63) is 47.5 Å². The number of nitrogens with zero attached hydrogens (tertiary/aromatic N) is 1. The van der Waals surface area contributed by atoms with E-state index in [0.717, 1.165) is 11.8 Å². The molecule has 0 saturated carbocycles. The first-order valence-electron chi connectivity index (χ1n) is 7.90. The molecule has 2 aromatic rings. The molecule has 2 aromatic carbocycles. The Morgan fingerprint density at radius 2 is 1.81 bits per heavy atom. The zero-order chi connectivity index (χ0) is 19.1. The molecular formula is C17H20N2O5S2. The minimum atomic E-state index is -3.80. The summed E-state index contributed by atoms with van der Waals surface area (Å²) in [6, 6.07) is 9.52. The van der Waals surface area contributed by atoms with Crippen LogP contribution in [-0.4, -0.2) is 36.7 Å². The second-order valence-corrected chi connectivity index (χ2v) is 9.75. The minimum absolute atomic E-state index is 0.108. The molecule has 0 aromatic heterocycles. The van der Waals surface area contributed by atoms with E-state index in [1.54, 1.807) is 31.2 Å². The number of methoxy groups -OCH3 is 1. The molecule has 0 amide bonds. The van der Waals surface area contributed by atoms with Gasteiger partial charge in [0.1, 0.15) is 5.75 Å². The fourth-order valence-electron chi connectivity index (χ4n) is 2.99. The quantitative estimate of drug-likeness (QED) is 0.836. The molecule has 7 nitrogen and oxygen atoms in total. The van der Waals surface area contributed by atoms with Crippen molar-refractivity contribution < 1.29 is 21.6 Å². The number of rotatable bonds is 5. The lowest BCUT2D eigenvalue weighted by Gasteiger charge is -2.17. The normalized spacial score (nSPS) is 14.2. The molecule has 0 fully saturated rings. The lowest BCUT2D eigenvalue weighted by molar-refractivity contribution is 0.411. The monoisotopic (exact) mass is 396 g/mol. The Kier molecular flexibility index (Phi) is 4.61. The second kappa shape index (κ2) is 6.48. The third kappa shape index (κ3) is 3.49. The number of sulfonamides is 2. The average molecular weight is 396 g/mol. The summed E-state index contributed by atoms with van der Waals surface area (Å²) in [5, 5.41) is 0. The van der Waals surface area contributed by atoms with Gasteiger partial charge in [0.25, 0.3) is 10.0 Å². The van der Waals surface area contributed by atoms with Crippen LogP contribution in [0.25, 0.3) is 0 Å². The van der Waals surface area contributed by atoms with Gasteiger partial charge in [0, 0.05) is 6.54 Å². The third-order valence-electron chi connectivity index (χ3n) is 4.27. The Morgan fingerprint density at radius 1 is 1.08 bits per heavy atom. The van der Waals surface area contributed by atoms with Gasteiger partial charge in [0.15, 0.2) is 0 Å². The van der Waals surface area contributed by atoms with Crippen LogP contribution in [-0.2, 0) is 26.5 Å². The van der Waals surface area contributed by atoms with Gasteiger partial charge in [0.2, 0.25) is 10.0 Å². The predicted molar refractivity (Wildman–Crippen MR) is 101 cm³/mol. The summed E-state index contributed by atoms with van der Waals surface area (Å²) < 4.78 is 58.0. The topological polar surface area (TPSA) is 92.8 Å². The smallest absolute Gasteiger partial charge is 0.261 e. The van der Waals surface area contributed by atoms with Crippen molar-refractivity contribution in [1.29, 1.82) is 0 Å². The first-order chi connectivity index (χ1) is 12.1. The van der Waals surface area contributed by atoms with Crippen LogP contribution in [0.1, 0.15) is 11.1 Å². The standard InChI is InChI=1S/C17H20N2O5S2/c1-12-10-15(6-7-17(12)24-2)26(22,23)18-14-5-4-13-8-9-19(16(13)11-14)25(3,20)21/h4-7,10-11,18H,8-9H2,1-3H3. The first-order valence-corrected chi connectivity index (χ1v) is 11.2. The molecule has 0 radical (unpaired) electrons. The zero-order valence-corrected chi connectivity index (χ0v) is 16.3. The Bertz CT molecular complexity index is 1060. The molecule has 9 heteroatoms. The molecule has 3 rings (SSSR count). The third-order valence-corrected chi connectivity index (χ3v) is 6.83. The fourth-order valence-corrected chi connectivity index (χ4v) is 5.07. The van der Waals surface area contributed by atoms with Crippen LogP contribution in [0.4, 0.5) is 11.4 Å². The number of hydrogen-bond acceptors (Lipinski definition) is 5. The van der Waals surface area contributed by atoms with Gasteiger partial charge in [-0.15, -0.1) is 0 Å². The van der Waals surface area contributed by atoms with Gasteiger partial charge in [0.05, 0.1) is 29.6 Å². The number of ether oxygens (including phenoxy) is 1. The van der Waals surface area contributed by atoms with Gasteiger partial charge in [-0.1, -0.05) is 6.07 Å². The molecule has 1 heterocycles. The molecule has 1 N–H and O–H groups in total. The maximum atomic E-state index is 12.6. The van der Waals surface area contributed by atoms with E-state index in [-0.39, 0.29) is 4.90 Å². The van der Waals surface area contributed by atoms with E-state index >= 15 is 0 Å². The van der Waals surface area contributed by atoms with Gasteiger partial charge >= 0.3 is 0 Å². The number of aryl methyl sites for hydroxylation is 1. The van der Waals surface area contributed by atoms with Crippen LogP contribution < -0.4 is 13.8 Å². The van der Waals surface area contributed by atoms with Crippen molar-refractivity contribution in [2.24, 2.45) is 0 Å². The number of benzene rings is 2. The van der Waals surface area contributed by atoms with Gasteiger partial charge in [-0.3, -0.25) is 9.03 Å². The van der Waals surface area contributed by atoms with E-state index in [2.05, 4.69) is 4.72 Å². The summed E-state index contributed by atoms with van der Waals surface area (Å²) in [7, 11) is -5.68. The highest BCUT2D eigenvalue weighted by molar-refractivity contribution is 7.92. The number of hydrogen-bond donors (Lipinski definition) is 1. The van der Waals surface area contributed by atoms with Crippen molar-refractivity contribution in [2.75, 3.05) is 28.9 Å². The van der Waals surface area contributed by atoms with Crippen molar-refractivity contribution in [2.45, 2.75) is 18.2 Å². The summed E-state index contributed by atoms with van der Waals surface area (Å²) in [6.45, 7) is 2.12. The lowest BCUT2D eigenvalue weighted by Crippen LogP contribution is -2.27. The van der Waals surface area contributed by atoms with Crippen LogP contribution in [0.15, 0.2) is 41.3 Å². The highest BCUT2D eigenvalue weighted by Crippen LogP contribution is 2.33. The Hall–Kier alpha value is -2.26. The highest BCUT2D eigenvalue weighted by Gasteiger charge is 2.27. The molecular weight excluding hydrogens is 376 g/mol. The van der Waals surface area contributed by atoms with Crippen LogP contribution >= 0.6 is 0 Å². The van der Waals surface area contributed by atoms with Crippen molar-refractivity contribution in [3.63, 3.8) is 0 Å². The van der Waals surface area contributed by atoms with Crippen LogP contribution in [0.5, 0.6) is 5.75 Å². The Labute approximate surface area is 153 Å². The molecule has 140 valence electrons. The summed E-state index contributed by atoms with van der Waals surface area (Å²) in [6.07, 6.45) is 1.74. The number of nitrogens with one attached hydrogen (secondary N) is 1. The largest absolute Gasteiger partial charge is 0.496 e. The molecule has 0 bridgehead atoms. The van der Waals surface area contributed by atoms with E-state index in [9.17, 15) is 16.8 Å². The molecule has 26 heavy (non-hydrogen) atoms. The summed E-state index contributed by atoms with van der Waals surface area (Å²) in [4.78, 5) is 0.108. The summed E-state index contributed by atoms with van der Waals surface area (Å²) >= 11 is 0. The van der Waals surface area contributed by atoms with Gasteiger partial charge in [-0.05, 0) is 54.8 Å². The van der Waals surface area contributed by atoms with E-state index in [1.165, 1.54) is 23.5 Å². The number of fused-ring (bicyclic) bond motifs is 1. The van der Waals surface area contributed by atoms with Gasteiger partial charge < -0.3 is 4.74 Å². The van der Waals surface area contributed by atoms with Crippen molar-refractivity contribution in [3.8, 4) is 5.75 Å². The molecule has 1 aliphatic heterocycles.